The Bertz CT molecular complexity index is 916. The lowest BCUT2D eigenvalue weighted by Crippen LogP contribution is -2.50. The zero-order chi connectivity index (χ0) is 21.0. The summed E-state index contributed by atoms with van der Waals surface area (Å²) in [5.74, 6) is -0.156. The van der Waals surface area contributed by atoms with Crippen molar-refractivity contribution in [1.29, 1.82) is 0 Å². The molecule has 1 amide bonds. The van der Waals surface area contributed by atoms with Gasteiger partial charge < -0.3 is 15.5 Å². The highest BCUT2D eigenvalue weighted by molar-refractivity contribution is 7.80. The van der Waals surface area contributed by atoms with Crippen LogP contribution in [0.1, 0.15) is 35.2 Å². The molecule has 3 rings (SSSR count). The molecule has 1 fully saturated rings. The van der Waals surface area contributed by atoms with E-state index in [-0.39, 0.29) is 23.7 Å². The van der Waals surface area contributed by atoms with Crippen molar-refractivity contribution in [2.24, 2.45) is 0 Å². The standard InChI is InChI=1S/C21H24N4O3S/c1-14-6-3-4-7-17(14)22-21(29)23-18-8-5-9-19(18)24(2)20(26)15-10-12-16(13-11-15)25(27)28/h3-4,6-7,10-13,18-19H,5,8-9H2,1-2H3,(H2,22,23,29). The minimum absolute atomic E-state index is 0.00527. The van der Waals surface area contributed by atoms with E-state index >= 15 is 0 Å². The number of carbonyl (C=O) groups is 1. The Morgan fingerprint density at radius 3 is 2.52 bits per heavy atom. The molecule has 0 radical (unpaired) electrons. The quantitative estimate of drug-likeness (QED) is 0.440. The highest BCUT2D eigenvalue weighted by Gasteiger charge is 2.33. The van der Waals surface area contributed by atoms with Crippen LogP contribution in [-0.2, 0) is 0 Å². The molecule has 0 aromatic heterocycles. The average Bonchev–Trinajstić information content (AvgIpc) is 3.16. The predicted molar refractivity (Wildman–Crippen MR) is 117 cm³/mol. The van der Waals surface area contributed by atoms with Gasteiger partial charge in [0.25, 0.3) is 11.6 Å². The van der Waals surface area contributed by atoms with Gasteiger partial charge in [0.2, 0.25) is 0 Å². The van der Waals surface area contributed by atoms with Crippen molar-refractivity contribution in [2.45, 2.75) is 38.3 Å². The molecule has 152 valence electrons. The molecule has 2 aromatic rings. The first-order valence-electron chi connectivity index (χ1n) is 9.51. The van der Waals surface area contributed by atoms with Crippen molar-refractivity contribution in [3.05, 3.63) is 69.8 Å². The van der Waals surface area contributed by atoms with Crippen LogP contribution in [0.15, 0.2) is 48.5 Å². The number of thiocarbonyl (C=S) groups is 1. The monoisotopic (exact) mass is 412 g/mol. The Hall–Kier alpha value is -3.00. The number of hydrogen-bond acceptors (Lipinski definition) is 4. The van der Waals surface area contributed by atoms with Crippen molar-refractivity contribution in [3.63, 3.8) is 0 Å². The molecule has 0 heterocycles. The summed E-state index contributed by atoms with van der Waals surface area (Å²) < 4.78 is 0. The molecule has 8 heteroatoms. The maximum Gasteiger partial charge on any atom is 0.269 e. The number of anilines is 1. The fourth-order valence-corrected chi connectivity index (χ4v) is 3.95. The molecule has 0 aliphatic heterocycles. The largest absolute Gasteiger partial charge is 0.358 e. The van der Waals surface area contributed by atoms with Crippen LogP contribution < -0.4 is 10.6 Å². The highest BCUT2D eigenvalue weighted by atomic mass is 32.1. The summed E-state index contributed by atoms with van der Waals surface area (Å²) in [7, 11) is 1.77. The van der Waals surface area contributed by atoms with Gasteiger partial charge >= 0.3 is 0 Å². The number of aryl methyl sites for hydroxylation is 1. The van der Waals surface area contributed by atoms with Gasteiger partial charge in [-0.3, -0.25) is 14.9 Å². The summed E-state index contributed by atoms with van der Waals surface area (Å²) in [5, 5.41) is 17.9. The first-order valence-corrected chi connectivity index (χ1v) is 9.92. The van der Waals surface area contributed by atoms with Gasteiger partial charge in [-0.25, -0.2) is 0 Å². The van der Waals surface area contributed by atoms with E-state index in [4.69, 9.17) is 12.2 Å². The smallest absolute Gasteiger partial charge is 0.269 e. The van der Waals surface area contributed by atoms with Crippen molar-refractivity contribution in [2.75, 3.05) is 12.4 Å². The fourth-order valence-electron chi connectivity index (χ4n) is 3.69. The average molecular weight is 413 g/mol. The molecule has 7 nitrogen and oxygen atoms in total. The third-order valence-corrected chi connectivity index (χ3v) is 5.55. The first-order chi connectivity index (χ1) is 13.9. The number of rotatable bonds is 5. The third kappa shape index (κ3) is 4.89. The van der Waals surface area contributed by atoms with Crippen LogP contribution in [0.4, 0.5) is 11.4 Å². The summed E-state index contributed by atoms with van der Waals surface area (Å²) in [6.07, 6.45) is 2.78. The molecule has 2 unspecified atom stereocenters. The van der Waals surface area contributed by atoms with E-state index in [0.717, 1.165) is 30.5 Å². The van der Waals surface area contributed by atoms with Crippen LogP contribution in [0.3, 0.4) is 0 Å². The molecule has 1 aliphatic carbocycles. The van der Waals surface area contributed by atoms with Gasteiger partial charge in [-0.2, -0.15) is 0 Å². The summed E-state index contributed by atoms with van der Waals surface area (Å²) in [5.41, 5.74) is 2.46. The van der Waals surface area contributed by atoms with Crippen molar-refractivity contribution in [1.82, 2.24) is 10.2 Å². The summed E-state index contributed by atoms with van der Waals surface area (Å²) in [6, 6.07) is 13.7. The molecule has 0 saturated heterocycles. The number of nitrogens with zero attached hydrogens (tertiary/aromatic N) is 2. The van der Waals surface area contributed by atoms with E-state index in [0.29, 0.717) is 10.7 Å². The zero-order valence-electron chi connectivity index (χ0n) is 16.4. The van der Waals surface area contributed by atoms with E-state index in [1.807, 2.05) is 31.2 Å². The number of nitro benzene ring substituents is 1. The number of nitrogens with one attached hydrogen (secondary N) is 2. The van der Waals surface area contributed by atoms with Gasteiger partial charge in [-0.1, -0.05) is 18.2 Å². The Balaban J connectivity index is 1.64. The minimum atomic E-state index is -0.475. The molecule has 0 spiro atoms. The summed E-state index contributed by atoms with van der Waals surface area (Å²) in [4.78, 5) is 24.9. The fraction of sp³-hybridized carbons (Fsp3) is 0.333. The van der Waals surface area contributed by atoms with E-state index in [1.165, 1.54) is 24.3 Å². The Morgan fingerprint density at radius 1 is 1.17 bits per heavy atom. The minimum Gasteiger partial charge on any atom is -0.358 e. The molecule has 1 saturated carbocycles. The highest BCUT2D eigenvalue weighted by Crippen LogP contribution is 2.25. The van der Waals surface area contributed by atoms with E-state index in [2.05, 4.69) is 10.6 Å². The SMILES string of the molecule is Cc1ccccc1NC(=S)NC1CCCC1N(C)C(=O)c1ccc([N+](=O)[O-])cc1. The van der Waals surface area contributed by atoms with Crippen LogP contribution in [-0.4, -0.2) is 40.0 Å². The molecule has 1 aliphatic rings. The van der Waals surface area contributed by atoms with Crippen molar-refractivity contribution in [3.8, 4) is 0 Å². The second-order valence-corrected chi connectivity index (χ2v) is 7.65. The van der Waals surface area contributed by atoms with Crippen LogP contribution in [0.25, 0.3) is 0 Å². The third-order valence-electron chi connectivity index (χ3n) is 5.33. The molecule has 2 aromatic carbocycles. The normalized spacial score (nSPS) is 18.1. The molecule has 2 atom stereocenters. The van der Waals surface area contributed by atoms with Crippen molar-refractivity contribution < 1.29 is 9.72 Å². The number of nitro groups is 1. The maximum absolute atomic E-state index is 12.9. The topological polar surface area (TPSA) is 87.5 Å². The van der Waals surface area contributed by atoms with Gasteiger partial charge in [-0.15, -0.1) is 0 Å². The number of non-ortho nitro benzene ring substituents is 1. The van der Waals surface area contributed by atoms with Crippen LogP contribution in [0.5, 0.6) is 0 Å². The number of benzene rings is 2. The molecule has 29 heavy (non-hydrogen) atoms. The van der Waals surface area contributed by atoms with Crippen molar-refractivity contribution >= 4 is 34.6 Å². The first kappa shape index (κ1) is 20.7. The van der Waals surface area contributed by atoms with E-state index < -0.39 is 4.92 Å². The Morgan fingerprint density at radius 2 is 1.86 bits per heavy atom. The van der Waals surface area contributed by atoms with Gasteiger partial charge in [-0.05, 0) is 62.2 Å². The Kier molecular flexibility index (Phi) is 6.43. The number of para-hydroxylation sites is 1. The van der Waals surface area contributed by atoms with E-state index in [9.17, 15) is 14.9 Å². The lowest BCUT2D eigenvalue weighted by Gasteiger charge is -2.31. The number of hydrogen-bond donors (Lipinski definition) is 2. The van der Waals surface area contributed by atoms with Gasteiger partial charge in [0.05, 0.1) is 11.0 Å². The molecular weight excluding hydrogens is 388 g/mol. The van der Waals surface area contributed by atoms with Gasteiger partial charge in [0, 0.05) is 36.5 Å². The zero-order valence-corrected chi connectivity index (χ0v) is 17.2. The number of carbonyl (C=O) groups excluding carboxylic acids is 1. The maximum atomic E-state index is 12.9. The summed E-state index contributed by atoms with van der Waals surface area (Å²) >= 11 is 5.48. The van der Waals surface area contributed by atoms with Crippen LogP contribution in [0, 0.1) is 17.0 Å². The summed E-state index contributed by atoms with van der Waals surface area (Å²) in [6.45, 7) is 2.01. The lowest BCUT2D eigenvalue weighted by molar-refractivity contribution is -0.384. The molecule has 0 bridgehead atoms. The van der Waals surface area contributed by atoms with Crippen LogP contribution in [0.2, 0.25) is 0 Å². The van der Waals surface area contributed by atoms with Crippen LogP contribution >= 0.6 is 12.2 Å². The predicted octanol–water partition coefficient (Wildman–Crippen LogP) is 3.88. The number of likely N-dealkylation sites (N-methyl/N-ethyl adjacent to an activating group) is 1. The van der Waals surface area contributed by atoms with E-state index in [1.54, 1.807) is 11.9 Å². The molecular formula is C21H24N4O3S. The second-order valence-electron chi connectivity index (χ2n) is 7.24. The molecule has 2 N–H and O–H groups in total. The lowest BCUT2D eigenvalue weighted by atomic mass is 10.1. The number of amides is 1. The second kappa shape index (κ2) is 9.00. The van der Waals surface area contributed by atoms with Gasteiger partial charge in [0.15, 0.2) is 5.11 Å². The Labute approximate surface area is 175 Å². The van der Waals surface area contributed by atoms with Gasteiger partial charge in [0.1, 0.15) is 0 Å².